The van der Waals surface area contributed by atoms with E-state index in [4.69, 9.17) is 18.5 Å². The fourth-order valence-corrected chi connectivity index (χ4v) is 8.68. The third-order valence-corrected chi connectivity index (χ3v) is 13.2. The van der Waals surface area contributed by atoms with Gasteiger partial charge in [-0.3, -0.25) is 18.6 Å². The fraction of sp³-hybridized carbons (Fsp3) is 0.891. The van der Waals surface area contributed by atoms with Crippen LogP contribution in [-0.4, -0.2) is 74.9 Å². The van der Waals surface area contributed by atoms with E-state index < -0.39 is 26.5 Å². The van der Waals surface area contributed by atoms with Crippen molar-refractivity contribution in [3.8, 4) is 0 Å². The minimum Gasteiger partial charge on any atom is -0.462 e. The third-order valence-electron chi connectivity index (χ3n) is 12.2. The standard InChI is InChI=1S/C55H106NO8P/c1-6-8-10-12-14-16-18-20-21-22-23-24-25-26-27-28-29-30-31-32-33-34-36-37-39-41-43-45-47-54(57)61-51-53(52-63-65(59,60)62-50-49-56(3,4)5)64-55(58)48-46-44-42-40-38-35-19-17-15-13-11-9-7-2/h11,13,17,19,53H,6-10,12,14-16,18,20-52H2,1-5H3/p+1/b13-11-,19-17-. The Morgan fingerprint density at radius 1 is 0.477 bits per heavy atom. The summed E-state index contributed by atoms with van der Waals surface area (Å²) in [6, 6.07) is 0. The van der Waals surface area contributed by atoms with E-state index in [1.807, 2.05) is 21.1 Å². The van der Waals surface area contributed by atoms with Gasteiger partial charge in [0.2, 0.25) is 0 Å². The van der Waals surface area contributed by atoms with Gasteiger partial charge in [-0.05, 0) is 38.5 Å². The van der Waals surface area contributed by atoms with Gasteiger partial charge in [0.1, 0.15) is 19.8 Å². The van der Waals surface area contributed by atoms with Crippen LogP contribution in [0, 0.1) is 0 Å². The number of phosphoric acid groups is 1. The molecule has 0 spiro atoms. The zero-order valence-corrected chi connectivity index (χ0v) is 44.4. The Morgan fingerprint density at radius 3 is 1.28 bits per heavy atom. The highest BCUT2D eigenvalue weighted by Crippen LogP contribution is 2.43. The van der Waals surface area contributed by atoms with Crippen LogP contribution in [0.2, 0.25) is 0 Å². The number of hydrogen-bond acceptors (Lipinski definition) is 7. The highest BCUT2D eigenvalue weighted by Gasteiger charge is 2.27. The number of rotatable bonds is 51. The summed E-state index contributed by atoms with van der Waals surface area (Å²) in [5, 5.41) is 0. The molecule has 0 aromatic rings. The van der Waals surface area contributed by atoms with Gasteiger partial charge >= 0.3 is 19.8 Å². The molecule has 0 rings (SSSR count). The van der Waals surface area contributed by atoms with Gasteiger partial charge in [0, 0.05) is 12.8 Å². The molecule has 10 heteroatoms. The molecule has 0 saturated carbocycles. The monoisotopic (exact) mass is 941 g/mol. The molecule has 9 nitrogen and oxygen atoms in total. The molecule has 0 fully saturated rings. The summed E-state index contributed by atoms with van der Waals surface area (Å²) >= 11 is 0. The molecule has 0 aliphatic rings. The summed E-state index contributed by atoms with van der Waals surface area (Å²) in [6.45, 7) is 4.38. The largest absolute Gasteiger partial charge is 0.472 e. The quantitative estimate of drug-likeness (QED) is 0.0211. The molecule has 0 radical (unpaired) electrons. The number of carbonyl (C=O) groups is 2. The average Bonchev–Trinajstić information content (AvgIpc) is 3.26. The fourth-order valence-electron chi connectivity index (χ4n) is 7.94. The van der Waals surface area contributed by atoms with E-state index in [0.717, 1.165) is 64.2 Å². The van der Waals surface area contributed by atoms with Crippen molar-refractivity contribution in [3.05, 3.63) is 24.3 Å². The van der Waals surface area contributed by atoms with E-state index in [-0.39, 0.29) is 25.6 Å². The second-order valence-electron chi connectivity index (χ2n) is 20.0. The van der Waals surface area contributed by atoms with Gasteiger partial charge in [-0.25, -0.2) is 4.57 Å². The summed E-state index contributed by atoms with van der Waals surface area (Å²) in [7, 11) is 1.48. The van der Waals surface area contributed by atoms with Crippen LogP contribution in [0.1, 0.15) is 264 Å². The average molecular weight is 941 g/mol. The zero-order valence-electron chi connectivity index (χ0n) is 43.5. The molecule has 1 N–H and O–H groups in total. The highest BCUT2D eigenvalue weighted by molar-refractivity contribution is 7.47. The number of nitrogens with zero attached hydrogens (tertiary/aromatic N) is 1. The lowest BCUT2D eigenvalue weighted by Crippen LogP contribution is -2.37. The molecule has 0 aromatic carbocycles. The van der Waals surface area contributed by atoms with E-state index in [0.29, 0.717) is 23.9 Å². The topological polar surface area (TPSA) is 108 Å². The normalized spacial score (nSPS) is 13.5. The minimum atomic E-state index is -4.38. The Labute approximate surface area is 402 Å². The molecule has 0 aliphatic carbocycles. The van der Waals surface area contributed by atoms with Gasteiger partial charge in [0.15, 0.2) is 6.10 Å². The van der Waals surface area contributed by atoms with Gasteiger partial charge in [-0.15, -0.1) is 0 Å². The first-order valence-corrected chi connectivity index (χ1v) is 29.1. The van der Waals surface area contributed by atoms with Crippen molar-refractivity contribution in [1.29, 1.82) is 0 Å². The van der Waals surface area contributed by atoms with Gasteiger partial charge < -0.3 is 18.9 Å². The molecule has 2 atom stereocenters. The summed E-state index contributed by atoms with van der Waals surface area (Å²) in [6.07, 6.45) is 55.5. The van der Waals surface area contributed by atoms with Crippen molar-refractivity contribution in [2.24, 2.45) is 0 Å². The Bertz CT molecular complexity index is 1150. The second-order valence-corrected chi connectivity index (χ2v) is 21.4. The number of unbranched alkanes of at least 4 members (excludes halogenated alkanes) is 33. The van der Waals surface area contributed by atoms with Crippen LogP contribution in [0.5, 0.6) is 0 Å². The zero-order chi connectivity index (χ0) is 47.8. The first kappa shape index (κ1) is 63.5. The van der Waals surface area contributed by atoms with Crippen molar-refractivity contribution in [2.75, 3.05) is 47.5 Å². The van der Waals surface area contributed by atoms with Crippen molar-refractivity contribution < 1.29 is 42.1 Å². The molecular formula is C55H107NO8P+. The molecule has 0 amide bonds. The lowest BCUT2D eigenvalue weighted by atomic mass is 10.0. The molecule has 0 aliphatic heterocycles. The lowest BCUT2D eigenvalue weighted by Gasteiger charge is -2.24. The van der Waals surface area contributed by atoms with Crippen LogP contribution in [0.4, 0.5) is 0 Å². The molecule has 0 aromatic heterocycles. The number of phosphoric ester groups is 1. The number of ether oxygens (including phenoxy) is 2. The number of esters is 2. The van der Waals surface area contributed by atoms with Gasteiger partial charge in [-0.1, -0.05) is 237 Å². The van der Waals surface area contributed by atoms with E-state index in [1.54, 1.807) is 0 Å². The van der Waals surface area contributed by atoms with Crippen LogP contribution >= 0.6 is 7.82 Å². The number of carbonyl (C=O) groups excluding carboxylic acids is 2. The summed E-state index contributed by atoms with van der Waals surface area (Å²) in [5.74, 6) is -0.803. The van der Waals surface area contributed by atoms with Crippen LogP contribution in [-0.2, 0) is 32.7 Å². The second kappa shape index (κ2) is 47.6. The molecule has 0 heterocycles. The van der Waals surface area contributed by atoms with Crippen molar-refractivity contribution >= 4 is 19.8 Å². The third kappa shape index (κ3) is 51.7. The van der Waals surface area contributed by atoms with Crippen LogP contribution < -0.4 is 0 Å². The van der Waals surface area contributed by atoms with Crippen molar-refractivity contribution in [1.82, 2.24) is 0 Å². The van der Waals surface area contributed by atoms with E-state index >= 15 is 0 Å². The van der Waals surface area contributed by atoms with Crippen molar-refractivity contribution in [3.63, 3.8) is 0 Å². The van der Waals surface area contributed by atoms with Crippen LogP contribution in [0.15, 0.2) is 24.3 Å². The van der Waals surface area contributed by atoms with E-state index in [9.17, 15) is 19.0 Å². The SMILES string of the molecule is CCC/C=C\C/C=C\CCCCCCCC(=O)OC(COC(=O)CCCCCCCCCCCCCCCCCCCCCCCCCCCCCC)COP(=O)(O)OCC[N+](C)(C)C. The molecule has 384 valence electrons. The van der Waals surface area contributed by atoms with Crippen LogP contribution in [0.3, 0.4) is 0 Å². The first-order valence-electron chi connectivity index (χ1n) is 27.6. The summed E-state index contributed by atoms with van der Waals surface area (Å²) in [5.41, 5.74) is 0. The number of likely N-dealkylation sites (N-methyl/N-ethyl adjacent to an activating group) is 1. The van der Waals surface area contributed by atoms with Gasteiger partial charge in [-0.2, -0.15) is 0 Å². The Morgan fingerprint density at radius 2 is 0.862 bits per heavy atom. The number of quaternary nitrogens is 1. The van der Waals surface area contributed by atoms with E-state index in [1.165, 1.54) is 167 Å². The smallest absolute Gasteiger partial charge is 0.462 e. The first-order chi connectivity index (χ1) is 31.5. The molecule has 2 unspecified atom stereocenters. The van der Waals surface area contributed by atoms with Gasteiger partial charge in [0.05, 0.1) is 27.7 Å². The lowest BCUT2D eigenvalue weighted by molar-refractivity contribution is -0.870. The van der Waals surface area contributed by atoms with E-state index in [2.05, 4.69) is 38.2 Å². The summed E-state index contributed by atoms with van der Waals surface area (Å²) < 4.78 is 34.4. The predicted molar refractivity (Wildman–Crippen MR) is 275 cm³/mol. The minimum absolute atomic E-state index is 0.0308. The maximum absolute atomic E-state index is 12.7. The maximum atomic E-state index is 12.7. The predicted octanol–water partition coefficient (Wildman–Crippen LogP) is 16.6. The molecule has 65 heavy (non-hydrogen) atoms. The Balaban J connectivity index is 4.03. The van der Waals surface area contributed by atoms with Crippen LogP contribution in [0.25, 0.3) is 0 Å². The highest BCUT2D eigenvalue weighted by atomic mass is 31.2. The Hall–Kier alpha value is -1.51. The van der Waals surface area contributed by atoms with Gasteiger partial charge in [0.25, 0.3) is 0 Å². The molecule has 0 bridgehead atoms. The molecular weight excluding hydrogens is 834 g/mol. The number of allylic oxidation sites excluding steroid dienone is 4. The maximum Gasteiger partial charge on any atom is 0.472 e. The Kier molecular flexibility index (Phi) is 46.4. The molecule has 0 saturated heterocycles. The number of hydrogen-bond donors (Lipinski definition) is 1. The summed E-state index contributed by atoms with van der Waals surface area (Å²) in [4.78, 5) is 35.5. The van der Waals surface area contributed by atoms with Crippen molar-refractivity contribution in [2.45, 2.75) is 270 Å².